The lowest BCUT2D eigenvalue weighted by Crippen LogP contribution is -2.15. The van der Waals surface area contributed by atoms with E-state index in [2.05, 4.69) is 0 Å². The van der Waals surface area contributed by atoms with Crippen LogP contribution in [0.2, 0.25) is 0 Å². The molecule has 21 heavy (non-hydrogen) atoms. The highest BCUT2D eigenvalue weighted by Gasteiger charge is 2.22. The minimum Gasteiger partial charge on any atom is -0.495 e. The zero-order valence-electron chi connectivity index (χ0n) is 10.7. The number of nitrogens with one attached hydrogen (secondary N) is 1. The SMILES string of the molecule is COc1ccc(F)cc1S(=O)(=O)Nc1cc(F)ccc1F. The first-order chi connectivity index (χ1) is 9.83. The van der Waals surface area contributed by atoms with Crippen LogP contribution in [-0.2, 0) is 10.0 Å². The summed E-state index contributed by atoms with van der Waals surface area (Å²) in [6.07, 6.45) is 0. The van der Waals surface area contributed by atoms with Gasteiger partial charge in [-0.05, 0) is 30.3 Å². The first-order valence-electron chi connectivity index (χ1n) is 5.65. The number of sulfonamides is 1. The van der Waals surface area contributed by atoms with Crippen molar-refractivity contribution in [3.63, 3.8) is 0 Å². The van der Waals surface area contributed by atoms with E-state index in [4.69, 9.17) is 4.74 Å². The quantitative estimate of drug-likeness (QED) is 0.943. The summed E-state index contributed by atoms with van der Waals surface area (Å²) in [5, 5.41) is 0. The number of benzene rings is 2. The summed E-state index contributed by atoms with van der Waals surface area (Å²) in [7, 11) is -3.14. The van der Waals surface area contributed by atoms with Crippen LogP contribution in [0.3, 0.4) is 0 Å². The molecule has 0 aromatic heterocycles. The zero-order valence-corrected chi connectivity index (χ0v) is 11.5. The third-order valence-electron chi connectivity index (χ3n) is 2.59. The molecule has 2 aromatic carbocycles. The van der Waals surface area contributed by atoms with Crippen molar-refractivity contribution in [2.24, 2.45) is 0 Å². The molecule has 0 heterocycles. The van der Waals surface area contributed by atoms with E-state index in [0.29, 0.717) is 6.07 Å². The predicted molar refractivity (Wildman–Crippen MR) is 70.1 cm³/mol. The monoisotopic (exact) mass is 317 g/mol. The third kappa shape index (κ3) is 3.27. The minimum absolute atomic E-state index is 0.124. The van der Waals surface area contributed by atoms with Crippen LogP contribution in [0.5, 0.6) is 5.75 Å². The summed E-state index contributed by atoms with van der Waals surface area (Å²) >= 11 is 0. The van der Waals surface area contributed by atoms with Crippen molar-refractivity contribution in [2.75, 3.05) is 11.8 Å². The molecule has 0 amide bonds. The van der Waals surface area contributed by atoms with Gasteiger partial charge >= 0.3 is 0 Å². The fourth-order valence-electron chi connectivity index (χ4n) is 1.64. The number of hydrogen-bond donors (Lipinski definition) is 1. The molecule has 112 valence electrons. The maximum absolute atomic E-state index is 13.5. The highest BCUT2D eigenvalue weighted by Crippen LogP contribution is 2.27. The number of hydrogen-bond acceptors (Lipinski definition) is 3. The Bertz CT molecular complexity index is 778. The molecule has 0 unspecified atom stereocenters. The fraction of sp³-hybridized carbons (Fsp3) is 0.0769. The molecule has 2 aromatic rings. The van der Waals surface area contributed by atoms with Gasteiger partial charge in [0.25, 0.3) is 10.0 Å². The molecule has 0 aliphatic carbocycles. The highest BCUT2D eigenvalue weighted by molar-refractivity contribution is 7.92. The lowest BCUT2D eigenvalue weighted by Gasteiger charge is -2.12. The second-order valence-corrected chi connectivity index (χ2v) is 5.68. The van der Waals surface area contributed by atoms with Crippen LogP contribution in [-0.4, -0.2) is 15.5 Å². The van der Waals surface area contributed by atoms with Crippen molar-refractivity contribution < 1.29 is 26.3 Å². The molecule has 0 aliphatic rings. The lowest BCUT2D eigenvalue weighted by atomic mass is 10.3. The van der Waals surface area contributed by atoms with E-state index < -0.39 is 38.1 Å². The van der Waals surface area contributed by atoms with E-state index in [9.17, 15) is 21.6 Å². The first kappa shape index (κ1) is 15.2. The fourth-order valence-corrected chi connectivity index (χ4v) is 2.88. The Hall–Kier alpha value is -2.22. The molecule has 0 saturated carbocycles. The first-order valence-corrected chi connectivity index (χ1v) is 7.13. The Morgan fingerprint density at radius 2 is 1.62 bits per heavy atom. The van der Waals surface area contributed by atoms with Crippen molar-refractivity contribution in [2.45, 2.75) is 4.90 Å². The molecule has 0 aliphatic heterocycles. The molecule has 1 N–H and O–H groups in total. The Labute approximate surface area is 119 Å². The van der Waals surface area contributed by atoms with Crippen LogP contribution in [0.4, 0.5) is 18.9 Å². The molecule has 0 spiro atoms. The second-order valence-electron chi connectivity index (χ2n) is 4.02. The summed E-state index contributed by atoms with van der Waals surface area (Å²) in [4.78, 5) is -0.520. The summed E-state index contributed by atoms with van der Waals surface area (Å²) < 4.78 is 70.7. The third-order valence-corrected chi connectivity index (χ3v) is 3.97. The Morgan fingerprint density at radius 3 is 2.29 bits per heavy atom. The molecular formula is C13H10F3NO3S. The highest BCUT2D eigenvalue weighted by atomic mass is 32.2. The maximum Gasteiger partial charge on any atom is 0.265 e. The van der Waals surface area contributed by atoms with Crippen LogP contribution in [0, 0.1) is 17.5 Å². The van der Waals surface area contributed by atoms with Crippen molar-refractivity contribution in [1.82, 2.24) is 0 Å². The average molecular weight is 317 g/mol. The van der Waals surface area contributed by atoms with Crippen molar-refractivity contribution in [3.05, 3.63) is 53.8 Å². The van der Waals surface area contributed by atoms with Crippen LogP contribution in [0.15, 0.2) is 41.3 Å². The number of methoxy groups -OCH3 is 1. The lowest BCUT2D eigenvalue weighted by molar-refractivity contribution is 0.401. The standard InChI is InChI=1S/C13H10F3NO3S/c1-20-12-5-3-9(15)7-13(12)21(18,19)17-11-6-8(14)2-4-10(11)16/h2-7,17H,1H3. The van der Waals surface area contributed by atoms with Gasteiger partial charge in [-0.25, -0.2) is 21.6 Å². The van der Waals surface area contributed by atoms with E-state index in [1.54, 1.807) is 0 Å². The zero-order chi connectivity index (χ0) is 15.6. The normalized spacial score (nSPS) is 11.2. The number of ether oxygens (including phenoxy) is 1. The maximum atomic E-state index is 13.5. The molecule has 0 fully saturated rings. The van der Waals surface area contributed by atoms with Gasteiger partial charge in [0, 0.05) is 6.07 Å². The van der Waals surface area contributed by atoms with E-state index >= 15 is 0 Å². The smallest absolute Gasteiger partial charge is 0.265 e. The van der Waals surface area contributed by atoms with Gasteiger partial charge in [0.2, 0.25) is 0 Å². The molecule has 0 saturated heterocycles. The van der Waals surface area contributed by atoms with Gasteiger partial charge in [0.15, 0.2) is 0 Å². The Balaban J connectivity index is 2.48. The van der Waals surface area contributed by atoms with Crippen LogP contribution in [0.25, 0.3) is 0 Å². The molecular weight excluding hydrogens is 307 g/mol. The van der Waals surface area contributed by atoms with Crippen molar-refractivity contribution in [1.29, 1.82) is 0 Å². The molecule has 0 atom stereocenters. The van der Waals surface area contributed by atoms with Gasteiger partial charge in [-0.1, -0.05) is 0 Å². The number of rotatable bonds is 4. The van der Waals surface area contributed by atoms with E-state index in [0.717, 1.165) is 30.3 Å². The van der Waals surface area contributed by atoms with Crippen molar-refractivity contribution in [3.8, 4) is 5.75 Å². The summed E-state index contributed by atoms with van der Waals surface area (Å²) in [5.74, 6) is -2.72. The summed E-state index contributed by atoms with van der Waals surface area (Å²) in [5.41, 5.74) is -0.582. The average Bonchev–Trinajstić information content (AvgIpc) is 2.42. The predicted octanol–water partition coefficient (Wildman–Crippen LogP) is 2.91. The van der Waals surface area contributed by atoms with Crippen LogP contribution in [0.1, 0.15) is 0 Å². The van der Waals surface area contributed by atoms with Crippen molar-refractivity contribution >= 4 is 15.7 Å². The van der Waals surface area contributed by atoms with Gasteiger partial charge < -0.3 is 4.74 Å². The van der Waals surface area contributed by atoms with Crippen LogP contribution < -0.4 is 9.46 Å². The Morgan fingerprint density at radius 1 is 1.00 bits per heavy atom. The number of halogens is 3. The summed E-state index contributed by atoms with van der Waals surface area (Å²) in [6, 6.07) is 5.15. The molecule has 2 rings (SSSR count). The van der Waals surface area contributed by atoms with Gasteiger partial charge in [-0.3, -0.25) is 4.72 Å². The number of anilines is 1. The largest absolute Gasteiger partial charge is 0.495 e. The molecule has 0 radical (unpaired) electrons. The summed E-state index contributed by atoms with van der Waals surface area (Å²) in [6.45, 7) is 0. The minimum atomic E-state index is -4.34. The molecule has 4 nitrogen and oxygen atoms in total. The second kappa shape index (κ2) is 5.65. The topological polar surface area (TPSA) is 55.4 Å². The van der Waals surface area contributed by atoms with Gasteiger partial charge in [0.05, 0.1) is 12.8 Å². The Kier molecular flexibility index (Phi) is 4.08. The van der Waals surface area contributed by atoms with E-state index in [-0.39, 0.29) is 5.75 Å². The van der Waals surface area contributed by atoms with Gasteiger partial charge in [-0.15, -0.1) is 0 Å². The van der Waals surface area contributed by atoms with E-state index in [1.807, 2.05) is 4.72 Å². The molecule has 0 bridgehead atoms. The molecule has 8 heteroatoms. The van der Waals surface area contributed by atoms with Gasteiger partial charge in [0.1, 0.15) is 28.1 Å². The van der Waals surface area contributed by atoms with Crippen LogP contribution >= 0.6 is 0 Å². The van der Waals surface area contributed by atoms with E-state index in [1.165, 1.54) is 7.11 Å². The van der Waals surface area contributed by atoms with Gasteiger partial charge in [-0.2, -0.15) is 0 Å².